The van der Waals surface area contributed by atoms with Crippen LogP contribution in [0.4, 0.5) is 0 Å². The summed E-state index contributed by atoms with van der Waals surface area (Å²) in [6.07, 6.45) is 1.89. The summed E-state index contributed by atoms with van der Waals surface area (Å²) in [7, 11) is 0. The molecule has 2 heterocycles. The summed E-state index contributed by atoms with van der Waals surface area (Å²) in [5, 5.41) is 5.98. The van der Waals surface area contributed by atoms with E-state index in [-0.39, 0.29) is 17.8 Å². The van der Waals surface area contributed by atoms with Crippen LogP contribution in [-0.2, 0) is 0 Å². The number of aromatic amines is 2. The number of benzene rings is 1. The van der Waals surface area contributed by atoms with Crippen LogP contribution in [0.1, 0.15) is 46.2 Å². The third-order valence-corrected chi connectivity index (χ3v) is 3.85. The number of likely N-dealkylation sites (tertiary alicyclic amines) is 1. The molecule has 0 bridgehead atoms. The standard InChI is InChI=1S/C15H18N4O2/c1-9-6-10(2)8-11(7-9)12-4-3-5-19(12)14(20)13-16-15(21)18-17-13/h6-8,12H,3-5H2,1-2H3,(H2,16,17,18,21)/t12-/m0/s1. The summed E-state index contributed by atoms with van der Waals surface area (Å²) < 4.78 is 0. The maximum absolute atomic E-state index is 12.5. The zero-order valence-corrected chi connectivity index (χ0v) is 12.1. The predicted molar refractivity (Wildman–Crippen MR) is 78.1 cm³/mol. The second-order valence-corrected chi connectivity index (χ2v) is 5.60. The summed E-state index contributed by atoms with van der Waals surface area (Å²) in [4.78, 5) is 27.8. The first-order chi connectivity index (χ1) is 10.0. The van der Waals surface area contributed by atoms with Crippen molar-refractivity contribution in [2.45, 2.75) is 32.7 Å². The molecule has 0 saturated carbocycles. The molecule has 0 radical (unpaired) electrons. The van der Waals surface area contributed by atoms with E-state index in [1.54, 1.807) is 4.90 Å². The molecule has 2 N–H and O–H groups in total. The number of H-pyrrole nitrogens is 2. The first-order valence-corrected chi connectivity index (χ1v) is 7.08. The molecule has 0 spiro atoms. The van der Waals surface area contributed by atoms with Crippen LogP contribution in [0.2, 0.25) is 0 Å². The van der Waals surface area contributed by atoms with Crippen LogP contribution in [-0.4, -0.2) is 32.5 Å². The molecule has 110 valence electrons. The summed E-state index contributed by atoms with van der Waals surface area (Å²) >= 11 is 0. The van der Waals surface area contributed by atoms with Crippen LogP contribution in [0.15, 0.2) is 23.0 Å². The summed E-state index contributed by atoms with van der Waals surface area (Å²) in [6, 6.07) is 6.42. The number of nitrogens with zero attached hydrogens (tertiary/aromatic N) is 2. The maximum atomic E-state index is 12.5. The average molecular weight is 286 g/mol. The van der Waals surface area contributed by atoms with Crippen molar-refractivity contribution in [1.29, 1.82) is 0 Å². The number of nitrogens with one attached hydrogen (secondary N) is 2. The third-order valence-electron chi connectivity index (χ3n) is 3.85. The normalized spacial score (nSPS) is 18.2. The van der Waals surface area contributed by atoms with E-state index in [0.717, 1.165) is 18.4 Å². The van der Waals surface area contributed by atoms with E-state index in [1.165, 1.54) is 11.1 Å². The molecule has 6 heteroatoms. The highest BCUT2D eigenvalue weighted by Crippen LogP contribution is 2.33. The first kappa shape index (κ1) is 13.6. The molecule has 0 aliphatic carbocycles. The number of hydrogen-bond donors (Lipinski definition) is 2. The minimum atomic E-state index is -0.458. The van der Waals surface area contributed by atoms with Gasteiger partial charge in [-0.2, -0.15) is 0 Å². The maximum Gasteiger partial charge on any atom is 0.341 e. The molecule has 1 aromatic heterocycles. The van der Waals surface area contributed by atoms with Gasteiger partial charge in [0.05, 0.1) is 6.04 Å². The molecule has 1 saturated heterocycles. The number of hydrogen-bond acceptors (Lipinski definition) is 3. The SMILES string of the molecule is Cc1cc(C)cc([C@@H]2CCCN2C(=O)c2n[nH]c(=O)[nH]2)c1. The van der Waals surface area contributed by atoms with Crippen LogP contribution >= 0.6 is 0 Å². The average Bonchev–Trinajstić information content (AvgIpc) is 3.05. The van der Waals surface area contributed by atoms with E-state index in [1.807, 2.05) is 0 Å². The van der Waals surface area contributed by atoms with Gasteiger partial charge in [0.25, 0.3) is 5.91 Å². The van der Waals surface area contributed by atoms with Gasteiger partial charge in [-0.25, -0.2) is 9.89 Å². The lowest BCUT2D eigenvalue weighted by molar-refractivity contribution is 0.0723. The fraction of sp³-hybridized carbons (Fsp3) is 0.400. The number of carbonyl (C=O) groups is 1. The van der Waals surface area contributed by atoms with Gasteiger partial charge >= 0.3 is 5.69 Å². The number of amides is 1. The molecule has 3 rings (SSSR count). The van der Waals surface area contributed by atoms with Gasteiger partial charge in [0.2, 0.25) is 5.82 Å². The quantitative estimate of drug-likeness (QED) is 0.881. The molecule has 1 atom stereocenters. The fourth-order valence-electron chi connectivity index (χ4n) is 3.07. The Balaban J connectivity index is 1.91. The summed E-state index contributed by atoms with van der Waals surface area (Å²) in [5.41, 5.74) is 3.08. The highest BCUT2D eigenvalue weighted by molar-refractivity contribution is 5.90. The lowest BCUT2D eigenvalue weighted by atomic mass is 9.99. The monoisotopic (exact) mass is 286 g/mol. The molecular weight excluding hydrogens is 268 g/mol. The molecule has 21 heavy (non-hydrogen) atoms. The fourth-order valence-corrected chi connectivity index (χ4v) is 3.07. The number of aryl methyl sites for hydroxylation is 2. The second kappa shape index (κ2) is 5.20. The van der Waals surface area contributed by atoms with Crippen molar-refractivity contribution in [2.75, 3.05) is 6.54 Å². The minimum Gasteiger partial charge on any atom is -0.329 e. The zero-order valence-electron chi connectivity index (χ0n) is 12.1. The van der Waals surface area contributed by atoms with Crippen molar-refractivity contribution in [3.8, 4) is 0 Å². The van der Waals surface area contributed by atoms with E-state index in [4.69, 9.17) is 0 Å². The van der Waals surface area contributed by atoms with Crippen molar-refractivity contribution in [2.24, 2.45) is 0 Å². The van der Waals surface area contributed by atoms with Gasteiger partial charge in [-0.3, -0.25) is 9.78 Å². The van der Waals surface area contributed by atoms with Gasteiger partial charge in [-0.15, -0.1) is 5.10 Å². The van der Waals surface area contributed by atoms with Crippen molar-refractivity contribution >= 4 is 5.91 Å². The first-order valence-electron chi connectivity index (χ1n) is 7.08. The van der Waals surface area contributed by atoms with Crippen LogP contribution in [0.3, 0.4) is 0 Å². The van der Waals surface area contributed by atoms with Gasteiger partial charge in [0.15, 0.2) is 0 Å². The number of aromatic nitrogens is 3. The summed E-state index contributed by atoms with van der Waals surface area (Å²) in [6.45, 7) is 4.80. The Kier molecular flexibility index (Phi) is 3.37. The van der Waals surface area contributed by atoms with Crippen LogP contribution in [0.25, 0.3) is 0 Å². The molecule has 1 aromatic carbocycles. The molecule has 1 fully saturated rings. The van der Waals surface area contributed by atoms with E-state index >= 15 is 0 Å². The molecule has 2 aromatic rings. The third kappa shape index (κ3) is 2.61. The number of carbonyl (C=O) groups excluding carboxylic acids is 1. The van der Waals surface area contributed by atoms with Crippen molar-refractivity contribution in [3.05, 3.63) is 51.2 Å². The minimum absolute atomic E-state index is 0.0521. The lowest BCUT2D eigenvalue weighted by Gasteiger charge is -2.24. The predicted octanol–water partition coefficient (Wildman–Crippen LogP) is 1.69. The molecule has 1 amide bonds. The Labute approximate surface area is 122 Å². The van der Waals surface area contributed by atoms with Crippen molar-refractivity contribution in [1.82, 2.24) is 20.1 Å². The van der Waals surface area contributed by atoms with Gasteiger partial charge < -0.3 is 4.90 Å². The highest BCUT2D eigenvalue weighted by atomic mass is 16.2. The van der Waals surface area contributed by atoms with Crippen LogP contribution < -0.4 is 5.69 Å². The van der Waals surface area contributed by atoms with Crippen molar-refractivity contribution < 1.29 is 4.79 Å². The largest absolute Gasteiger partial charge is 0.341 e. The topological polar surface area (TPSA) is 81.8 Å². The molecule has 1 aliphatic rings. The molecular formula is C15H18N4O2. The van der Waals surface area contributed by atoms with Crippen LogP contribution in [0.5, 0.6) is 0 Å². The van der Waals surface area contributed by atoms with Crippen LogP contribution in [0, 0.1) is 13.8 Å². The Hall–Kier alpha value is -2.37. The van der Waals surface area contributed by atoms with E-state index in [9.17, 15) is 9.59 Å². The smallest absolute Gasteiger partial charge is 0.329 e. The Morgan fingerprint density at radius 3 is 2.62 bits per heavy atom. The van der Waals surface area contributed by atoms with Gasteiger partial charge in [-0.05, 0) is 32.3 Å². The Morgan fingerprint density at radius 1 is 1.29 bits per heavy atom. The van der Waals surface area contributed by atoms with Gasteiger partial charge in [0.1, 0.15) is 0 Å². The number of rotatable bonds is 2. The van der Waals surface area contributed by atoms with E-state index in [0.29, 0.717) is 6.54 Å². The van der Waals surface area contributed by atoms with E-state index < -0.39 is 5.69 Å². The lowest BCUT2D eigenvalue weighted by Crippen LogP contribution is -2.31. The molecule has 0 unspecified atom stereocenters. The van der Waals surface area contributed by atoms with Crippen molar-refractivity contribution in [3.63, 3.8) is 0 Å². The zero-order chi connectivity index (χ0) is 15.0. The summed E-state index contributed by atoms with van der Waals surface area (Å²) in [5.74, 6) is -0.147. The Bertz CT molecular complexity index is 711. The van der Waals surface area contributed by atoms with Gasteiger partial charge in [-0.1, -0.05) is 29.3 Å². The highest BCUT2D eigenvalue weighted by Gasteiger charge is 2.32. The van der Waals surface area contributed by atoms with E-state index in [2.05, 4.69) is 47.2 Å². The van der Waals surface area contributed by atoms with Gasteiger partial charge in [0, 0.05) is 6.54 Å². The molecule has 1 aliphatic heterocycles. The molecule has 6 nitrogen and oxygen atoms in total. The second-order valence-electron chi connectivity index (χ2n) is 5.60. The Morgan fingerprint density at radius 2 is 2.00 bits per heavy atom.